The average Bonchev–Trinajstić information content (AvgIpc) is 2.98. The second-order valence-corrected chi connectivity index (χ2v) is 7.24. The molecule has 2 aromatic carbocycles. The number of thiazole rings is 1. The van der Waals surface area contributed by atoms with Crippen molar-refractivity contribution in [2.75, 3.05) is 5.73 Å². The molecule has 1 aromatic heterocycles. The fourth-order valence-corrected chi connectivity index (χ4v) is 4.63. The van der Waals surface area contributed by atoms with E-state index in [4.69, 9.17) is 11.0 Å². The Morgan fingerprint density at radius 3 is 2.68 bits per heavy atom. The topological polar surface area (TPSA) is 62.7 Å². The Kier molecular flexibility index (Phi) is 6.13. The van der Waals surface area contributed by atoms with Gasteiger partial charge >= 0.3 is 0 Å². The van der Waals surface area contributed by atoms with Crippen LogP contribution in [0.15, 0.2) is 52.3 Å². The molecule has 0 saturated carbocycles. The van der Waals surface area contributed by atoms with Gasteiger partial charge in [0.15, 0.2) is 5.01 Å². The molecule has 3 nitrogen and oxygen atoms in total. The van der Waals surface area contributed by atoms with E-state index in [1.807, 2.05) is 50.2 Å². The van der Waals surface area contributed by atoms with Crippen LogP contribution in [0.4, 0.5) is 5.69 Å². The van der Waals surface area contributed by atoms with E-state index in [2.05, 4.69) is 17.1 Å². The van der Waals surface area contributed by atoms with Crippen molar-refractivity contribution in [3.8, 4) is 6.07 Å². The van der Waals surface area contributed by atoms with E-state index in [-0.39, 0.29) is 1.43 Å². The minimum atomic E-state index is 0. The first-order valence-electron chi connectivity index (χ1n) is 6.76. The van der Waals surface area contributed by atoms with Gasteiger partial charge in [-0.1, -0.05) is 47.6 Å². The van der Waals surface area contributed by atoms with Gasteiger partial charge in [0.1, 0.15) is 6.07 Å². The van der Waals surface area contributed by atoms with Crippen molar-refractivity contribution in [3.63, 3.8) is 0 Å². The van der Waals surface area contributed by atoms with E-state index in [1.54, 1.807) is 21.6 Å². The lowest BCUT2D eigenvalue weighted by atomic mass is 10.3. The van der Waals surface area contributed by atoms with E-state index < -0.39 is 0 Å². The highest BCUT2D eigenvalue weighted by atomic mass is 33.1. The molecule has 3 rings (SSSR count). The van der Waals surface area contributed by atoms with Crippen LogP contribution in [0.1, 0.15) is 20.3 Å². The lowest BCUT2D eigenvalue weighted by Crippen LogP contribution is -1.85. The predicted octanol–water partition coefficient (Wildman–Crippen LogP) is 5.82. The number of aromatic nitrogens is 1. The molecule has 0 aliphatic carbocycles. The van der Waals surface area contributed by atoms with Gasteiger partial charge in [0, 0.05) is 16.9 Å². The summed E-state index contributed by atoms with van der Waals surface area (Å²) in [5, 5.41) is 9.37. The SMILES string of the molecule is CC.N#Cc1nc2ccc(SSc3ccccc3N)cc2s1.[HH]. The fraction of sp³-hybridized carbons (Fsp3) is 0.125. The number of para-hydroxylation sites is 1. The number of nitriles is 1. The van der Waals surface area contributed by atoms with Crippen LogP contribution in [0.2, 0.25) is 0 Å². The van der Waals surface area contributed by atoms with Crippen molar-refractivity contribution in [3.05, 3.63) is 47.5 Å². The highest BCUT2D eigenvalue weighted by Crippen LogP contribution is 2.41. The number of hydrogen-bond acceptors (Lipinski definition) is 6. The minimum Gasteiger partial charge on any atom is -0.398 e. The Morgan fingerprint density at radius 2 is 1.95 bits per heavy atom. The molecule has 0 aliphatic heterocycles. The first-order chi connectivity index (χ1) is 10.8. The van der Waals surface area contributed by atoms with E-state index in [9.17, 15) is 0 Å². The lowest BCUT2D eigenvalue weighted by Gasteiger charge is -2.04. The molecule has 0 fully saturated rings. The summed E-state index contributed by atoms with van der Waals surface area (Å²) in [5.74, 6) is 0. The summed E-state index contributed by atoms with van der Waals surface area (Å²) in [7, 11) is 3.28. The lowest BCUT2D eigenvalue weighted by molar-refractivity contribution is 1.39. The molecular formula is C16H17N3S3. The van der Waals surface area contributed by atoms with Gasteiger partial charge in [-0.25, -0.2) is 4.98 Å². The molecular weight excluding hydrogens is 330 g/mol. The van der Waals surface area contributed by atoms with Crippen LogP contribution in [-0.4, -0.2) is 4.98 Å². The number of rotatable bonds is 3. The summed E-state index contributed by atoms with van der Waals surface area (Å²) < 4.78 is 1.04. The molecule has 0 radical (unpaired) electrons. The van der Waals surface area contributed by atoms with E-state index in [1.165, 1.54) is 11.3 Å². The number of benzene rings is 2. The summed E-state index contributed by atoms with van der Waals surface area (Å²) >= 11 is 1.42. The molecule has 0 atom stereocenters. The molecule has 3 aromatic rings. The third-order valence-electron chi connectivity index (χ3n) is 2.60. The van der Waals surface area contributed by atoms with Crippen molar-refractivity contribution in [1.82, 2.24) is 4.98 Å². The average molecular weight is 348 g/mol. The van der Waals surface area contributed by atoms with Gasteiger partial charge in [0.25, 0.3) is 0 Å². The molecule has 0 unspecified atom stereocenters. The van der Waals surface area contributed by atoms with Gasteiger partial charge < -0.3 is 5.73 Å². The van der Waals surface area contributed by atoms with Crippen LogP contribution in [-0.2, 0) is 0 Å². The second kappa shape index (κ2) is 8.08. The number of fused-ring (bicyclic) bond motifs is 1. The first kappa shape index (κ1) is 16.7. The fourth-order valence-electron chi connectivity index (χ4n) is 1.65. The summed E-state index contributed by atoms with van der Waals surface area (Å²) in [5.41, 5.74) is 7.58. The number of nitrogen functional groups attached to an aromatic ring is 1. The molecule has 0 amide bonds. The zero-order valence-electron chi connectivity index (χ0n) is 12.2. The molecule has 0 saturated heterocycles. The molecule has 0 spiro atoms. The summed E-state index contributed by atoms with van der Waals surface area (Å²) in [6, 6.07) is 15.9. The van der Waals surface area contributed by atoms with E-state index in [0.717, 1.165) is 25.7 Å². The quantitative estimate of drug-likeness (QED) is 0.477. The molecule has 6 heteroatoms. The summed E-state index contributed by atoms with van der Waals surface area (Å²) in [6.07, 6.45) is 0. The molecule has 0 bridgehead atoms. The predicted molar refractivity (Wildman–Crippen MR) is 100 cm³/mol. The Balaban J connectivity index is 0.000000849. The van der Waals surface area contributed by atoms with Crippen LogP contribution in [0.5, 0.6) is 0 Å². The molecule has 2 N–H and O–H groups in total. The van der Waals surface area contributed by atoms with Crippen molar-refractivity contribution in [2.45, 2.75) is 23.6 Å². The van der Waals surface area contributed by atoms with Gasteiger partial charge in [-0.05, 0) is 30.3 Å². The van der Waals surface area contributed by atoms with Crippen LogP contribution >= 0.6 is 32.9 Å². The van der Waals surface area contributed by atoms with Crippen LogP contribution < -0.4 is 5.73 Å². The van der Waals surface area contributed by atoms with Gasteiger partial charge in [-0.15, -0.1) is 11.3 Å². The summed E-state index contributed by atoms with van der Waals surface area (Å²) in [6.45, 7) is 4.00. The monoisotopic (exact) mass is 347 g/mol. The maximum Gasteiger partial charge on any atom is 0.195 e. The molecule has 114 valence electrons. The number of anilines is 1. The van der Waals surface area contributed by atoms with Gasteiger partial charge in [-0.3, -0.25) is 0 Å². The third kappa shape index (κ3) is 3.95. The number of hydrogen-bond donors (Lipinski definition) is 1. The zero-order valence-corrected chi connectivity index (χ0v) is 14.7. The van der Waals surface area contributed by atoms with Crippen LogP contribution in [0.25, 0.3) is 10.2 Å². The zero-order chi connectivity index (χ0) is 15.9. The number of nitrogens with two attached hydrogens (primary N) is 1. The maximum absolute atomic E-state index is 8.87. The van der Waals surface area contributed by atoms with Gasteiger partial charge in [0.05, 0.1) is 10.2 Å². The largest absolute Gasteiger partial charge is 0.398 e. The Morgan fingerprint density at radius 1 is 1.18 bits per heavy atom. The third-order valence-corrected chi connectivity index (χ3v) is 5.97. The Hall–Kier alpha value is -1.68. The van der Waals surface area contributed by atoms with E-state index >= 15 is 0 Å². The van der Waals surface area contributed by atoms with E-state index in [0.29, 0.717) is 5.01 Å². The van der Waals surface area contributed by atoms with Crippen LogP contribution in [0, 0.1) is 11.3 Å². The highest BCUT2D eigenvalue weighted by molar-refractivity contribution is 8.76. The molecule has 0 aliphatic rings. The van der Waals surface area contributed by atoms with Crippen molar-refractivity contribution < 1.29 is 1.43 Å². The summed E-state index contributed by atoms with van der Waals surface area (Å²) in [4.78, 5) is 6.41. The second-order valence-electron chi connectivity index (χ2n) is 3.96. The van der Waals surface area contributed by atoms with Crippen molar-refractivity contribution in [1.29, 1.82) is 5.26 Å². The highest BCUT2D eigenvalue weighted by Gasteiger charge is 2.06. The minimum absolute atomic E-state index is 0. The normalized spacial score (nSPS) is 9.86. The van der Waals surface area contributed by atoms with Crippen LogP contribution in [0.3, 0.4) is 0 Å². The van der Waals surface area contributed by atoms with Crippen molar-refractivity contribution >= 4 is 48.8 Å². The van der Waals surface area contributed by atoms with Gasteiger partial charge in [-0.2, -0.15) is 5.26 Å². The Labute approximate surface area is 143 Å². The molecule has 22 heavy (non-hydrogen) atoms. The Bertz CT molecular complexity index is 812. The van der Waals surface area contributed by atoms with Gasteiger partial charge in [0.2, 0.25) is 0 Å². The molecule has 1 heterocycles. The number of nitrogens with zero attached hydrogens (tertiary/aromatic N) is 2. The smallest absolute Gasteiger partial charge is 0.195 e. The maximum atomic E-state index is 8.87. The standard InChI is InChI=1S/C14H9N3S3.C2H6.H2/c15-8-14-17-11-6-5-9(7-13(11)18-14)19-20-12-4-2-1-3-10(12)16;1-2;/h1-7H,16H2;1-2H3;1H. The first-order valence-corrected chi connectivity index (χ1v) is 9.72. The van der Waals surface area contributed by atoms with Crippen molar-refractivity contribution in [2.24, 2.45) is 0 Å².